The molecule has 5 rings (SSSR count). The number of nitrogens with zero attached hydrogens (tertiary/aromatic N) is 5. The number of nitrogens with two attached hydrogens (primary N) is 1. The predicted molar refractivity (Wildman–Crippen MR) is 106 cm³/mol. The fourth-order valence-corrected chi connectivity index (χ4v) is 4.36. The first-order valence-electron chi connectivity index (χ1n) is 9.77. The minimum atomic E-state index is -0.306. The van der Waals surface area contributed by atoms with Gasteiger partial charge in [0.05, 0.1) is 18.6 Å². The molecule has 7 heteroatoms. The zero-order valence-electron chi connectivity index (χ0n) is 15.8. The second-order valence-corrected chi connectivity index (χ2v) is 7.61. The van der Waals surface area contributed by atoms with Gasteiger partial charge in [0, 0.05) is 43.9 Å². The average molecular weight is 376 g/mol. The van der Waals surface area contributed by atoms with Crippen LogP contribution < -0.4 is 5.73 Å². The first-order chi connectivity index (χ1) is 13.7. The van der Waals surface area contributed by atoms with Crippen molar-refractivity contribution in [1.29, 1.82) is 0 Å². The van der Waals surface area contributed by atoms with E-state index in [0.29, 0.717) is 5.95 Å². The van der Waals surface area contributed by atoms with Gasteiger partial charge in [0.1, 0.15) is 5.60 Å². The van der Waals surface area contributed by atoms with Crippen molar-refractivity contribution in [3.63, 3.8) is 0 Å². The summed E-state index contributed by atoms with van der Waals surface area (Å²) in [6.45, 7) is 3.60. The number of hydrogen-bond donors (Lipinski definition) is 1. The molecule has 3 aromatic rings. The third-order valence-electron chi connectivity index (χ3n) is 5.85. The summed E-state index contributed by atoms with van der Waals surface area (Å²) in [7, 11) is 0. The fourth-order valence-electron chi connectivity index (χ4n) is 4.36. The van der Waals surface area contributed by atoms with E-state index in [1.807, 2.05) is 23.3 Å². The minimum absolute atomic E-state index is 0.306. The Labute approximate surface area is 164 Å². The SMILES string of the molecule is Nc1ncc2c(n1)C1(CCN(Cc3cccc(-n4ccnc4)c3)CC1)OCC2. The highest BCUT2D eigenvalue weighted by atomic mass is 16.5. The zero-order chi connectivity index (χ0) is 19.0. The van der Waals surface area contributed by atoms with Crippen LogP contribution in [0.15, 0.2) is 49.2 Å². The molecule has 2 aliphatic rings. The lowest BCUT2D eigenvalue weighted by Gasteiger charge is -2.44. The molecule has 0 amide bonds. The number of rotatable bonds is 3. The Morgan fingerprint density at radius 3 is 2.93 bits per heavy atom. The monoisotopic (exact) mass is 376 g/mol. The Hall–Kier alpha value is -2.77. The number of piperidine rings is 1. The molecule has 1 spiro atoms. The van der Waals surface area contributed by atoms with Gasteiger partial charge in [0.25, 0.3) is 0 Å². The highest BCUT2D eigenvalue weighted by Crippen LogP contribution is 2.40. The third kappa shape index (κ3) is 3.16. The second kappa shape index (κ2) is 7.00. The minimum Gasteiger partial charge on any atom is -0.368 e. The molecule has 2 N–H and O–H groups in total. The molecule has 0 atom stereocenters. The number of aromatic nitrogens is 4. The van der Waals surface area contributed by atoms with Gasteiger partial charge in [-0.1, -0.05) is 12.1 Å². The van der Waals surface area contributed by atoms with Gasteiger partial charge in [-0.2, -0.15) is 0 Å². The van der Waals surface area contributed by atoms with Gasteiger partial charge >= 0.3 is 0 Å². The van der Waals surface area contributed by atoms with Crippen molar-refractivity contribution in [2.45, 2.75) is 31.4 Å². The molecule has 2 aliphatic heterocycles. The summed E-state index contributed by atoms with van der Waals surface area (Å²) in [5.74, 6) is 0.336. The summed E-state index contributed by atoms with van der Waals surface area (Å²) >= 11 is 0. The van der Waals surface area contributed by atoms with Crippen molar-refractivity contribution >= 4 is 5.95 Å². The molecule has 1 aromatic carbocycles. The molecular weight excluding hydrogens is 352 g/mol. The van der Waals surface area contributed by atoms with Crippen LogP contribution in [0.1, 0.15) is 29.7 Å². The maximum atomic E-state index is 6.27. The number of nitrogen functional groups attached to an aromatic ring is 1. The van der Waals surface area contributed by atoms with Crippen molar-refractivity contribution in [3.05, 3.63) is 66.0 Å². The zero-order valence-corrected chi connectivity index (χ0v) is 15.8. The van der Waals surface area contributed by atoms with Crippen LogP contribution in [0.3, 0.4) is 0 Å². The molecule has 2 aromatic heterocycles. The van der Waals surface area contributed by atoms with E-state index < -0.39 is 0 Å². The Bertz CT molecular complexity index is 963. The first kappa shape index (κ1) is 17.3. The van der Waals surface area contributed by atoms with Gasteiger partial charge in [0.15, 0.2) is 0 Å². The molecule has 7 nitrogen and oxygen atoms in total. The Morgan fingerprint density at radius 2 is 2.11 bits per heavy atom. The van der Waals surface area contributed by atoms with Crippen molar-refractivity contribution in [2.24, 2.45) is 0 Å². The van der Waals surface area contributed by atoms with Crippen molar-refractivity contribution in [3.8, 4) is 5.69 Å². The van der Waals surface area contributed by atoms with Crippen molar-refractivity contribution in [2.75, 3.05) is 25.4 Å². The summed E-state index contributed by atoms with van der Waals surface area (Å²) in [6.07, 6.45) is 10.2. The number of likely N-dealkylation sites (tertiary alicyclic amines) is 1. The first-order valence-corrected chi connectivity index (χ1v) is 9.77. The van der Waals surface area contributed by atoms with E-state index in [0.717, 1.165) is 56.9 Å². The highest BCUT2D eigenvalue weighted by Gasteiger charge is 2.42. The summed E-state index contributed by atoms with van der Waals surface area (Å²) < 4.78 is 8.31. The number of ether oxygens (including phenoxy) is 1. The number of hydrogen-bond acceptors (Lipinski definition) is 6. The molecule has 0 unspecified atom stereocenters. The van der Waals surface area contributed by atoms with Gasteiger partial charge < -0.3 is 15.0 Å². The lowest BCUT2D eigenvalue weighted by atomic mass is 9.83. The maximum Gasteiger partial charge on any atom is 0.220 e. The number of anilines is 1. The highest BCUT2D eigenvalue weighted by molar-refractivity contribution is 5.36. The Balaban J connectivity index is 1.30. The fraction of sp³-hybridized carbons (Fsp3) is 0.381. The normalized spacial score (nSPS) is 18.9. The van der Waals surface area contributed by atoms with E-state index in [4.69, 9.17) is 10.5 Å². The topological polar surface area (TPSA) is 82.1 Å². The summed E-state index contributed by atoms with van der Waals surface area (Å²) in [4.78, 5) is 15.3. The smallest absolute Gasteiger partial charge is 0.220 e. The largest absolute Gasteiger partial charge is 0.368 e. The van der Waals surface area contributed by atoms with Crippen LogP contribution in [-0.2, 0) is 23.3 Å². The summed E-state index contributed by atoms with van der Waals surface area (Å²) in [5.41, 5.74) is 10.2. The van der Waals surface area contributed by atoms with Crippen LogP contribution in [0.5, 0.6) is 0 Å². The molecule has 1 saturated heterocycles. The Kier molecular flexibility index (Phi) is 4.33. The van der Waals surface area contributed by atoms with Gasteiger partial charge in [0.2, 0.25) is 5.95 Å². The molecule has 0 radical (unpaired) electrons. The molecule has 1 fully saturated rings. The molecule has 0 aliphatic carbocycles. The standard InChI is InChI=1S/C21H24N6O/c22-20-24-13-17-4-11-28-21(19(17)25-20)5-8-26(9-6-21)14-16-2-1-3-18(12-16)27-10-7-23-15-27/h1-3,7,10,12-13,15H,4-6,8-9,11,14H2,(H2,22,24,25). The molecule has 4 heterocycles. The lowest BCUT2D eigenvalue weighted by molar-refractivity contribution is -0.102. The Morgan fingerprint density at radius 1 is 1.21 bits per heavy atom. The van der Waals surface area contributed by atoms with Crippen LogP contribution in [0.2, 0.25) is 0 Å². The summed E-state index contributed by atoms with van der Waals surface area (Å²) in [6, 6.07) is 8.63. The van der Waals surface area contributed by atoms with Crippen LogP contribution >= 0.6 is 0 Å². The molecule has 0 bridgehead atoms. The van der Waals surface area contributed by atoms with Gasteiger partial charge in [-0.25, -0.2) is 15.0 Å². The number of imidazole rings is 1. The van der Waals surface area contributed by atoms with E-state index in [1.165, 1.54) is 11.1 Å². The number of benzene rings is 1. The molecule has 28 heavy (non-hydrogen) atoms. The van der Waals surface area contributed by atoms with Gasteiger partial charge in [-0.15, -0.1) is 0 Å². The molecule has 0 saturated carbocycles. The van der Waals surface area contributed by atoms with Crippen molar-refractivity contribution in [1.82, 2.24) is 24.4 Å². The van der Waals surface area contributed by atoms with E-state index in [-0.39, 0.29) is 5.60 Å². The van der Waals surface area contributed by atoms with Crippen LogP contribution in [0.4, 0.5) is 5.95 Å². The molecular formula is C21H24N6O. The van der Waals surface area contributed by atoms with E-state index in [9.17, 15) is 0 Å². The van der Waals surface area contributed by atoms with Gasteiger partial charge in [-0.05, 0) is 42.5 Å². The lowest BCUT2D eigenvalue weighted by Crippen LogP contribution is -2.47. The van der Waals surface area contributed by atoms with E-state index in [2.05, 4.69) is 44.1 Å². The second-order valence-electron chi connectivity index (χ2n) is 7.61. The van der Waals surface area contributed by atoms with Gasteiger partial charge in [-0.3, -0.25) is 4.90 Å². The third-order valence-corrected chi connectivity index (χ3v) is 5.85. The predicted octanol–water partition coefficient (Wildman–Crippen LogP) is 2.31. The maximum absolute atomic E-state index is 6.27. The van der Waals surface area contributed by atoms with Crippen LogP contribution in [0.25, 0.3) is 5.69 Å². The molecule has 144 valence electrons. The van der Waals surface area contributed by atoms with E-state index >= 15 is 0 Å². The summed E-state index contributed by atoms with van der Waals surface area (Å²) in [5, 5.41) is 0. The van der Waals surface area contributed by atoms with Crippen LogP contribution in [-0.4, -0.2) is 44.1 Å². The average Bonchev–Trinajstić information content (AvgIpc) is 3.26. The number of fused-ring (bicyclic) bond motifs is 2. The van der Waals surface area contributed by atoms with E-state index in [1.54, 1.807) is 6.20 Å². The quantitative estimate of drug-likeness (QED) is 0.755. The van der Waals surface area contributed by atoms with Crippen LogP contribution in [0, 0.1) is 0 Å². The van der Waals surface area contributed by atoms with Crippen molar-refractivity contribution < 1.29 is 4.74 Å².